The molecule has 0 aliphatic carbocycles. The third-order valence-corrected chi connectivity index (χ3v) is 6.22. The Morgan fingerprint density at radius 2 is 1.92 bits per heavy atom. The Hall–Kier alpha value is -2.24. The van der Waals surface area contributed by atoms with Gasteiger partial charge in [0.15, 0.2) is 0 Å². The first kappa shape index (κ1) is 16.2. The van der Waals surface area contributed by atoms with E-state index >= 15 is 0 Å². The molecule has 0 radical (unpaired) electrons. The van der Waals surface area contributed by atoms with E-state index in [9.17, 15) is 9.18 Å². The molecule has 2 aromatic carbocycles. The molecule has 1 amide bonds. The topological polar surface area (TPSA) is 46.3 Å². The lowest BCUT2D eigenvalue weighted by atomic mass is 9.95. The second-order valence-electron chi connectivity index (χ2n) is 6.56. The van der Waals surface area contributed by atoms with Gasteiger partial charge in [-0.05, 0) is 30.2 Å². The minimum absolute atomic E-state index is 0.0491. The van der Waals surface area contributed by atoms with Crippen molar-refractivity contribution in [3.63, 3.8) is 0 Å². The number of thiophene rings is 1. The van der Waals surface area contributed by atoms with Crippen LogP contribution in [0.5, 0.6) is 0 Å². The van der Waals surface area contributed by atoms with Crippen LogP contribution in [0.2, 0.25) is 0 Å². The summed E-state index contributed by atoms with van der Waals surface area (Å²) in [6.45, 7) is 2.94. The van der Waals surface area contributed by atoms with Crippen LogP contribution in [0.4, 0.5) is 4.39 Å². The van der Waals surface area contributed by atoms with Crippen LogP contribution in [-0.4, -0.2) is 29.9 Å². The van der Waals surface area contributed by atoms with E-state index < -0.39 is 0 Å². The van der Waals surface area contributed by atoms with Gasteiger partial charge in [0.05, 0.1) is 4.88 Å². The highest BCUT2D eigenvalue weighted by molar-refractivity contribution is 7.21. The van der Waals surface area contributed by atoms with Gasteiger partial charge in [0, 0.05) is 35.1 Å². The minimum atomic E-state index is -0.273. The van der Waals surface area contributed by atoms with Crippen LogP contribution >= 0.6 is 11.3 Å². The lowest BCUT2D eigenvalue weighted by molar-refractivity contribution is 0.0793. The van der Waals surface area contributed by atoms with Crippen molar-refractivity contribution in [1.82, 2.24) is 4.90 Å². The molecular formula is C20H19FN2OS. The van der Waals surface area contributed by atoms with Crippen molar-refractivity contribution in [3.05, 3.63) is 70.4 Å². The Morgan fingerprint density at radius 1 is 1.16 bits per heavy atom. The van der Waals surface area contributed by atoms with Gasteiger partial charge in [-0.2, -0.15) is 0 Å². The van der Waals surface area contributed by atoms with Crippen molar-refractivity contribution in [2.75, 3.05) is 13.1 Å². The van der Waals surface area contributed by atoms with E-state index in [4.69, 9.17) is 5.73 Å². The molecule has 1 aliphatic heterocycles. The van der Waals surface area contributed by atoms with Gasteiger partial charge in [0.25, 0.3) is 5.91 Å². The van der Waals surface area contributed by atoms with Crippen molar-refractivity contribution >= 4 is 27.3 Å². The van der Waals surface area contributed by atoms with Crippen LogP contribution in [0, 0.1) is 12.7 Å². The number of rotatable bonds is 2. The van der Waals surface area contributed by atoms with Gasteiger partial charge in [-0.1, -0.05) is 36.4 Å². The maximum atomic E-state index is 14.1. The Balaban J connectivity index is 1.64. The van der Waals surface area contributed by atoms with Crippen LogP contribution in [0.3, 0.4) is 0 Å². The molecule has 1 saturated heterocycles. The summed E-state index contributed by atoms with van der Waals surface area (Å²) in [6.07, 6.45) is 0. The molecule has 3 aromatic rings. The summed E-state index contributed by atoms with van der Waals surface area (Å²) in [5.41, 5.74) is 8.18. The maximum Gasteiger partial charge on any atom is 0.264 e. The zero-order valence-corrected chi connectivity index (χ0v) is 14.7. The van der Waals surface area contributed by atoms with Gasteiger partial charge in [0.1, 0.15) is 5.82 Å². The van der Waals surface area contributed by atoms with E-state index in [2.05, 4.69) is 12.1 Å². The van der Waals surface area contributed by atoms with E-state index in [0.717, 1.165) is 15.8 Å². The number of fused-ring (bicyclic) bond motifs is 1. The van der Waals surface area contributed by atoms with Crippen LogP contribution in [0.1, 0.15) is 26.7 Å². The third kappa shape index (κ3) is 2.73. The van der Waals surface area contributed by atoms with E-state index in [1.165, 1.54) is 17.4 Å². The van der Waals surface area contributed by atoms with Crippen LogP contribution < -0.4 is 5.73 Å². The first-order chi connectivity index (χ1) is 12.1. The first-order valence-electron chi connectivity index (χ1n) is 8.33. The number of halogens is 1. The number of benzene rings is 2. The molecule has 4 rings (SSSR count). The fourth-order valence-corrected chi connectivity index (χ4v) is 4.84. The molecular weight excluding hydrogens is 335 g/mol. The average molecular weight is 354 g/mol. The molecule has 2 heterocycles. The van der Waals surface area contributed by atoms with Crippen LogP contribution in [-0.2, 0) is 0 Å². The standard InChI is InChI=1S/C20H19FN2OS/c1-12-18-15(21)8-5-9-17(18)25-19(12)20(24)23-10-14(16(22)11-23)13-6-3-2-4-7-13/h2-9,14,16H,10-11,22H2,1H3/t14-,16+/m0/s1. The molecule has 0 bridgehead atoms. The molecule has 0 spiro atoms. The number of amides is 1. The second-order valence-corrected chi connectivity index (χ2v) is 7.61. The number of aryl methyl sites for hydroxylation is 1. The summed E-state index contributed by atoms with van der Waals surface area (Å²) in [6, 6.07) is 15.0. The summed E-state index contributed by atoms with van der Waals surface area (Å²) in [4.78, 5) is 15.4. The molecule has 1 aliphatic rings. The van der Waals surface area contributed by atoms with Gasteiger partial charge >= 0.3 is 0 Å². The third-order valence-electron chi connectivity index (χ3n) is 4.98. The molecule has 5 heteroatoms. The predicted molar refractivity (Wildman–Crippen MR) is 99.6 cm³/mol. The number of carbonyl (C=O) groups excluding carboxylic acids is 1. The van der Waals surface area contributed by atoms with E-state index in [-0.39, 0.29) is 23.7 Å². The van der Waals surface area contributed by atoms with Gasteiger partial charge < -0.3 is 10.6 Å². The SMILES string of the molecule is Cc1c(C(=O)N2C[C@@H](N)[C@H](c3ccccc3)C2)sc2cccc(F)c12. The number of likely N-dealkylation sites (tertiary alicyclic amines) is 1. The highest BCUT2D eigenvalue weighted by Gasteiger charge is 2.35. The van der Waals surface area contributed by atoms with Crippen molar-refractivity contribution in [1.29, 1.82) is 0 Å². The maximum absolute atomic E-state index is 14.1. The monoisotopic (exact) mass is 354 g/mol. The lowest BCUT2D eigenvalue weighted by Crippen LogP contribution is -2.32. The fraction of sp³-hybridized carbons (Fsp3) is 0.250. The molecule has 1 fully saturated rings. The quantitative estimate of drug-likeness (QED) is 0.758. The van der Waals surface area contributed by atoms with Crippen molar-refractivity contribution in [2.24, 2.45) is 5.73 Å². The Kier molecular flexibility index (Phi) is 4.06. The Labute approximate surface area is 149 Å². The van der Waals surface area contributed by atoms with Gasteiger partial charge in [-0.15, -0.1) is 11.3 Å². The van der Waals surface area contributed by atoms with E-state index in [1.807, 2.05) is 31.2 Å². The molecule has 2 atom stereocenters. The summed E-state index contributed by atoms with van der Waals surface area (Å²) in [5.74, 6) is -0.186. The highest BCUT2D eigenvalue weighted by atomic mass is 32.1. The first-order valence-corrected chi connectivity index (χ1v) is 9.15. The fourth-order valence-electron chi connectivity index (χ4n) is 3.65. The normalized spacial score (nSPS) is 20.4. The molecule has 3 nitrogen and oxygen atoms in total. The number of nitrogens with zero attached hydrogens (tertiary/aromatic N) is 1. The molecule has 2 N–H and O–H groups in total. The summed E-state index contributed by atoms with van der Waals surface area (Å²) in [7, 11) is 0. The summed E-state index contributed by atoms with van der Waals surface area (Å²) < 4.78 is 14.9. The predicted octanol–water partition coefficient (Wildman–Crippen LogP) is 3.92. The molecule has 1 aromatic heterocycles. The van der Waals surface area contributed by atoms with Crippen molar-refractivity contribution in [2.45, 2.75) is 18.9 Å². The Morgan fingerprint density at radius 3 is 2.64 bits per heavy atom. The van der Waals surface area contributed by atoms with Gasteiger partial charge in [-0.25, -0.2) is 4.39 Å². The number of nitrogens with two attached hydrogens (primary N) is 1. The smallest absolute Gasteiger partial charge is 0.264 e. The van der Waals surface area contributed by atoms with Gasteiger partial charge in [0.2, 0.25) is 0 Å². The second kappa shape index (κ2) is 6.24. The lowest BCUT2D eigenvalue weighted by Gasteiger charge is -2.16. The zero-order chi connectivity index (χ0) is 17.6. The molecule has 0 saturated carbocycles. The van der Waals surface area contributed by atoms with Crippen LogP contribution in [0.25, 0.3) is 10.1 Å². The zero-order valence-electron chi connectivity index (χ0n) is 13.9. The van der Waals surface area contributed by atoms with Gasteiger partial charge in [-0.3, -0.25) is 4.79 Å². The molecule has 0 unspecified atom stereocenters. The minimum Gasteiger partial charge on any atom is -0.336 e. The number of hydrogen-bond acceptors (Lipinski definition) is 3. The van der Waals surface area contributed by atoms with Crippen LogP contribution in [0.15, 0.2) is 48.5 Å². The molecule has 128 valence electrons. The highest BCUT2D eigenvalue weighted by Crippen LogP contribution is 2.35. The number of hydrogen-bond donors (Lipinski definition) is 1. The summed E-state index contributed by atoms with van der Waals surface area (Å²) >= 11 is 1.36. The van der Waals surface area contributed by atoms with E-state index in [0.29, 0.717) is 23.4 Å². The van der Waals surface area contributed by atoms with E-state index in [1.54, 1.807) is 11.0 Å². The van der Waals surface area contributed by atoms with Crippen molar-refractivity contribution in [3.8, 4) is 0 Å². The Bertz CT molecular complexity index is 938. The average Bonchev–Trinajstić information content (AvgIpc) is 3.17. The summed E-state index contributed by atoms with van der Waals surface area (Å²) in [5, 5.41) is 0.555. The molecule has 25 heavy (non-hydrogen) atoms. The van der Waals surface area contributed by atoms with Crippen molar-refractivity contribution < 1.29 is 9.18 Å². The largest absolute Gasteiger partial charge is 0.336 e. The number of carbonyl (C=O) groups is 1.